The predicted octanol–water partition coefficient (Wildman–Crippen LogP) is 19.3. The first kappa shape index (κ1) is 85.7. The molecule has 5 unspecified atom stereocenters. The van der Waals surface area contributed by atoms with E-state index in [1.165, 1.54) is 83.5 Å². The molecule has 5 atom stereocenters. The molecule has 0 aliphatic rings. The number of carbonyl (C=O) groups excluding carboxylic acids is 3. The van der Waals surface area contributed by atoms with E-state index in [1.54, 1.807) is 0 Å². The molecule has 4 N–H and O–H groups in total. The molecule has 0 fully saturated rings. The molecule has 18 heteroatoms. The molecule has 0 rings (SSSR count). The van der Waals surface area contributed by atoms with Crippen LogP contribution in [0, 0.1) is 0 Å². The number of carbonyl (C=O) groups is 3. The predicted molar refractivity (Wildman–Crippen MR) is 362 cm³/mol. The molecule has 0 heterocycles. The third kappa shape index (κ3) is 66.0. The number of hydrogen-bond donors (Lipinski definition) is 4. The molecule has 0 aromatic carbocycles. The molecule has 0 aromatic rings. The van der Waals surface area contributed by atoms with Crippen molar-refractivity contribution in [2.45, 2.75) is 309 Å². The minimum atomic E-state index is -4.92. The zero-order valence-electron chi connectivity index (χ0n) is 55.8. The van der Waals surface area contributed by atoms with Crippen LogP contribution in [-0.2, 0) is 55.8 Å². The maximum Gasteiger partial charge on any atom is 0.472 e. The van der Waals surface area contributed by atoms with Crippen LogP contribution in [0.4, 0.5) is 0 Å². The number of hydrogen-bond acceptors (Lipinski definition) is 14. The summed E-state index contributed by atoms with van der Waals surface area (Å²) in [6.45, 7) is 2.53. The smallest absolute Gasteiger partial charge is 0.463 e. The van der Waals surface area contributed by atoms with Crippen molar-refractivity contribution in [3.63, 3.8) is 0 Å². The van der Waals surface area contributed by atoms with Crippen LogP contribution in [0.3, 0.4) is 0 Å². The first-order valence-electron chi connectivity index (χ1n) is 34.9. The molecule has 0 spiro atoms. The van der Waals surface area contributed by atoms with Crippen LogP contribution in [0.2, 0.25) is 0 Å². The molecule has 0 radical (unpaired) electrons. The van der Waals surface area contributed by atoms with Crippen LogP contribution in [0.5, 0.6) is 0 Å². The van der Waals surface area contributed by atoms with Gasteiger partial charge in [-0.2, -0.15) is 0 Å². The van der Waals surface area contributed by atoms with Gasteiger partial charge in [0.1, 0.15) is 25.4 Å². The zero-order chi connectivity index (χ0) is 65.3. The highest BCUT2D eigenvalue weighted by atomic mass is 31.2. The van der Waals surface area contributed by atoms with E-state index in [4.69, 9.17) is 32.3 Å². The number of ether oxygens (including phenoxy) is 3. The van der Waals surface area contributed by atoms with Crippen molar-refractivity contribution in [3.8, 4) is 0 Å². The van der Waals surface area contributed by atoms with Crippen molar-refractivity contribution < 1.29 is 75.8 Å². The standard InChI is InChI=1S/C71H126O16P2/c1-4-7-10-13-16-19-22-25-28-29-30-31-32-33-34-35-38-40-42-45-48-51-54-57-69(74)81-60-66(72)61-83-88(77,78)84-62-67(73)63-85-89(79,80)86-65-68(87-71(76)59-56-53-50-47-44-41-37-27-24-21-18-15-12-9-6-3)64-82-70(75)58-55-52-49-46-43-39-36-26-23-20-17-14-11-8-5-2/h7,10,16-17,19-20,25-26,28,30-31,33-34,36,66-68,72-73H,4-6,8-9,11-15,18,21-24,27,29,32,35,37-65H2,1-3H3,(H,77,78)(H,79,80)/b10-7-,19-16-,20-17-,28-25-,31-30-,34-33-,36-26-. The van der Waals surface area contributed by atoms with E-state index in [-0.39, 0.29) is 19.3 Å². The van der Waals surface area contributed by atoms with Gasteiger partial charge in [0.25, 0.3) is 0 Å². The number of aliphatic hydroxyl groups is 2. The normalized spacial score (nSPS) is 14.7. The third-order valence-corrected chi connectivity index (χ3v) is 16.5. The molecule has 516 valence electrons. The monoisotopic (exact) mass is 1300 g/mol. The summed E-state index contributed by atoms with van der Waals surface area (Å²) in [5, 5.41) is 20.6. The van der Waals surface area contributed by atoms with Gasteiger partial charge in [-0.3, -0.25) is 32.5 Å². The van der Waals surface area contributed by atoms with Gasteiger partial charge in [-0.05, 0) is 96.3 Å². The fraction of sp³-hybridized carbons (Fsp3) is 0.761. The lowest BCUT2D eigenvalue weighted by Gasteiger charge is -2.21. The van der Waals surface area contributed by atoms with Gasteiger partial charge in [-0.25, -0.2) is 9.13 Å². The molecule has 0 amide bonds. The summed E-state index contributed by atoms with van der Waals surface area (Å²) in [5.74, 6) is -1.59. The van der Waals surface area contributed by atoms with Crippen molar-refractivity contribution in [1.82, 2.24) is 0 Å². The Morgan fingerprint density at radius 3 is 0.966 bits per heavy atom. The largest absolute Gasteiger partial charge is 0.472 e. The first-order chi connectivity index (χ1) is 43.2. The summed E-state index contributed by atoms with van der Waals surface area (Å²) in [5.41, 5.74) is 0. The van der Waals surface area contributed by atoms with Crippen molar-refractivity contribution in [3.05, 3.63) is 85.1 Å². The van der Waals surface area contributed by atoms with Gasteiger partial charge in [0.2, 0.25) is 0 Å². The van der Waals surface area contributed by atoms with Crippen LogP contribution in [0.1, 0.15) is 290 Å². The van der Waals surface area contributed by atoms with Gasteiger partial charge in [-0.1, -0.05) is 260 Å². The van der Waals surface area contributed by atoms with Gasteiger partial charge < -0.3 is 34.2 Å². The molecule has 0 saturated carbocycles. The SMILES string of the molecule is CC/C=C\C/C=C\C/C=C\C/C=C\C/C=C\CCCCCCCCCC(=O)OCC(O)COP(=O)(O)OCC(O)COP(=O)(O)OCC(COC(=O)CCCCCCC/C=C\C/C=C\CCCCC)OC(=O)CCCCCCCCCCCCCCCCC. The minimum absolute atomic E-state index is 0.106. The van der Waals surface area contributed by atoms with Gasteiger partial charge >= 0.3 is 33.6 Å². The maximum absolute atomic E-state index is 12.9. The lowest BCUT2D eigenvalue weighted by Crippen LogP contribution is -2.30. The van der Waals surface area contributed by atoms with Gasteiger partial charge in [0.15, 0.2) is 6.10 Å². The van der Waals surface area contributed by atoms with Gasteiger partial charge in [0, 0.05) is 19.3 Å². The third-order valence-electron chi connectivity index (χ3n) is 14.6. The van der Waals surface area contributed by atoms with E-state index in [1.807, 2.05) is 0 Å². The van der Waals surface area contributed by atoms with E-state index in [2.05, 4.69) is 106 Å². The van der Waals surface area contributed by atoms with Crippen molar-refractivity contribution in [2.24, 2.45) is 0 Å². The number of aliphatic hydroxyl groups excluding tert-OH is 2. The fourth-order valence-electron chi connectivity index (χ4n) is 9.27. The second kappa shape index (κ2) is 64.8. The molecular formula is C71H126O16P2. The Morgan fingerprint density at radius 1 is 0.326 bits per heavy atom. The maximum atomic E-state index is 12.9. The number of unbranched alkanes of at least 4 members (excludes halogenated alkanes) is 29. The van der Waals surface area contributed by atoms with E-state index in [9.17, 15) is 43.5 Å². The summed E-state index contributed by atoms with van der Waals surface area (Å²) in [6.07, 6.45) is 69.1. The molecule has 0 aromatic heterocycles. The Morgan fingerprint density at radius 2 is 0.596 bits per heavy atom. The number of rotatable bonds is 66. The first-order valence-corrected chi connectivity index (χ1v) is 37.9. The highest BCUT2D eigenvalue weighted by molar-refractivity contribution is 7.47. The van der Waals surface area contributed by atoms with E-state index >= 15 is 0 Å². The van der Waals surface area contributed by atoms with Gasteiger partial charge in [-0.15, -0.1) is 0 Å². The Kier molecular flexibility index (Phi) is 62.4. The Bertz CT molecular complexity index is 1970. The highest BCUT2D eigenvalue weighted by Crippen LogP contribution is 2.45. The summed E-state index contributed by atoms with van der Waals surface area (Å²) in [4.78, 5) is 58.4. The molecule has 89 heavy (non-hydrogen) atoms. The molecule has 0 aliphatic heterocycles. The van der Waals surface area contributed by atoms with E-state index in [0.29, 0.717) is 19.3 Å². The summed E-state index contributed by atoms with van der Waals surface area (Å²) >= 11 is 0. The highest BCUT2D eigenvalue weighted by Gasteiger charge is 2.29. The lowest BCUT2D eigenvalue weighted by atomic mass is 10.0. The lowest BCUT2D eigenvalue weighted by molar-refractivity contribution is -0.161. The molecule has 0 saturated heterocycles. The minimum Gasteiger partial charge on any atom is -0.463 e. The Balaban J connectivity index is 4.60. The molecule has 16 nitrogen and oxygen atoms in total. The molecule has 0 aliphatic carbocycles. The second-order valence-corrected chi connectivity index (χ2v) is 26.2. The topological polar surface area (TPSA) is 231 Å². The fourth-order valence-corrected chi connectivity index (χ4v) is 10.9. The van der Waals surface area contributed by atoms with Gasteiger partial charge in [0.05, 0.1) is 26.4 Å². The Hall–Kier alpha value is -3.27. The van der Waals surface area contributed by atoms with Crippen molar-refractivity contribution in [2.75, 3.05) is 39.6 Å². The van der Waals surface area contributed by atoms with Crippen LogP contribution in [0.15, 0.2) is 85.1 Å². The average molecular weight is 1300 g/mol. The number of phosphoric ester groups is 2. The second-order valence-electron chi connectivity index (χ2n) is 23.3. The summed E-state index contributed by atoms with van der Waals surface area (Å²) < 4.78 is 60.9. The molecule has 0 bridgehead atoms. The zero-order valence-corrected chi connectivity index (χ0v) is 57.6. The van der Waals surface area contributed by atoms with Crippen LogP contribution < -0.4 is 0 Å². The van der Waals surface area contributed by atoms with Crippen LogP contribution >= 0.6 is 15.6 Å². The van der Waals surface area contributed by atoms with Crippen LogP contribution in [0.25, 0.3) is 0 Å². The van der Waals surface area contributed by atoms with E-state index < -0.39 is 91.5 Å². The number of phosphoric acid groups is 2. The number of allylic oxidation sites excluding steroid dienone is 14. The quantitative estimate of drug-likeness (QED) is 0.0146. The summed E-state index contributed by atoms with van der Waals surface area (Å²) in [6, 6.07) is 0. The number of esters is 3. The average Bonchev–Trinajstić information content (AvgIpc) is 3.65. The molecular weight excluding hydrogens is 1170 g/mol. The van der Waals surface area contributed by atoms with E-state index in [0.717, 1.165) is 148 Å². The van der Waals surface area contributed by atoms with Crippen LogP contribution in [-0.4, -0.2) is 95.9 Å². The van der Waals surface area contributed by atoms with Crippen molar-refractivity contribution >= 4 is 33.6 Å². The Labute approximate surface area is 540 Å². The van der Waals surface area contributed by atoms with Crippen molar-refractivity contribution in [1.29, 1.82) is 0 Å². The summed E-state index contributed by atoms with van der Waals surface area (Å²) in [7, 11) is -9.77.